The van der Waals surface area contributed by atoms with Gasteiger partial charge in [0.15, 0.2) is 0 Å². The van der Waals surface area contributed by atoms with Crippen molar-refractivity contribution in [2.45, 2.75) is 26.4 Å². The van der Waals surface area contributed by atoms with Gasteiger partial charge in [-0.15, -0.1) is 0 Å². The van der Waals surface area contributed by atoms with Crippen molar-refractivity contribution >= 4 is 11.5 Å². The highest BCUT2D eigenvalue weighted by Crippen LogP contribution is 2.23. The first-order valence-corrected chi connectivity index (χ1v) is 6.04. The van der Waals surface area contributed by atoms with Crippen molar-refractivity contribution in [3.05, 3.63) is 27.9 Å². The Morgan fingerprint density at radius 1 is 1.67 bits per heavy atom. The maximum Gasteiger partial charge on any atom is 0.277 e. The van der Waals surface area contributed by atoms with Gasteiger partial charge in [0.25, 0.3) is 5.69 Å². The molecule has 1 N–H and O–H groups in total. The van der Waals surface area contributed by atoms with Crippen molar-refractivity contribution in [3.63, 3.8) is 0 Å². The summed E-state index contributed by atoms with van der Waals surface area (Å²) in [6.45, 7) is 5.25. The number of pyridine rings is 1. The van der Waals surface area contributed by atoms with Crippen LogP contribution in [0.25, 0.3) is 0 Å². The minimum atomic E-state index is -0.385. The van der Waals surface area contributed by atoms with E-state index in [0.29, 0.717) is 17.3 Å². The standard InChI is InChI=1S/C12H17N3O3/c1-8-6-13-12(5-11(8)15(16)17)14-7-10-3-4-18-9(10)2/h5-6,9-10H,3-4,7H2,1-2H3,(H,13,14). The monoisotopic (exact) mass is 251 g/mol. The van der Waals surface area contributed by atoms with Crippen LogP contribution in [0, 0.1) is 23.0 Å². The maximum absolute atomic E-state index is 10.8. The topological polar surface area (TPSA) is 77.3 Å². The highest BCUT2D eigenvalue weighted by Gasteiger charge is 2.24. The van der Waals surface area contributed by atoms with Crippen molar-refractivity contribution in [1.29, 1.82) is 0 Å². The van der Waals surface area contributed by atoms with Gasteiger partial charge in [0.1, 0.15) is 5.82 Å². The minimum Gasteiger partial charge on any atom is -0.378 e. The molecule has 0 bridgehead atoms. The van der Waals surface area contributed by atoms with E-state index in [1.807, 2.05) is 6.92 Å². The Morgan fingerprint density at radius 2 is 2.44 bits per heavy atom. The van der Waals surface area contributed by atoms with Crippen LogP contribution in [0.3, 0.4) is 0 Å². The van der Waals surface area contributed by atoms with Crippen LogP contribution >= 0.6 is 0 Å². The van der Waals surface area contributed by atoms with Gasteiger partial charge in [0.2, 0.25) is 0 Å². The molecule has 0 aromatic carbocycles. The van der Waals surface area contributed by atoms with Gasteiger partial charge in [0, 0.05) is 30.8 Å². The predicted molar refractivity (Wildman–Crippen MR) is 67.6 cm³/mol. The maximum atomic E-state index is 10.8. The molecule has 0 radical (unpaired) electrons. The Balaban J connectivity index is 2.01. The summed E-state index contributed by atoms with van der Waals surface area (Å²) in [6.07, 6.45) is 2.77. The lowest BCUT2D eigenvalue weighted by Crippen LogP contribution is -2.21. The largest absolute Gasteiger partial charge is 0.378 e. The van der Waals surface area contributed by atoms with Crippen molar-refractivity contribution in [2.75, 3.05) is 18.5 Å². The van der Waals surface area contributed by atoms with Crippen LogP contribution in [0.1, 0.15) is 18.9 Å². The fourth-order valence-electron chi connectivity index (χ4n) is 2.09. The van der Waals surface area contributed by atoms with Crippen LogP contribution in [0.4, 0.5) is 11.5 Å². The first-order valence-electron chi connectivity index (χ1n) is 6.04. The molecule has 0 spiro atoms. The number of anilines is 1. The molecule has 98 valence electrons. The van der Waals surface area contributed by atoms with Gasteiger partial charge >= 0.3 is 0 Å². The minimum absolute atomic E-state index is 0.100. The average molecular weight is 251 g/mol. The Labute approximate surface area is 106 Å². The zero-order chi connectivity index (χ0) is 13.1. The highest BCUT2D eigenvalue weighted by atomic mass is 16.6. The summed E-state index contributed by atoms with van der Waals surface area (Å²) in [4.78, 5) is 14.6. The second kappa shape index (κ2) is 5.30. The number of hydrogen-bond acceptors (Lipinski definition) is 5. The van der Waals surface area contributed by atoms with Gasteiger partial charge in [-0.2, -0.15) is 0 Å². The summed E-state index contributed by atoms with van der Waals surface area (Å²) in [5.74, 6) is 0.985. The van der Waals surface area contributed by atoms with Crippen LogP contribution in [0.2, 0.25) is 0 Å². The number of hydrogen-bond donors (Lipinski definition) is 1. The second-order valence-electron chi connectivity index (χ2n) is 4.62. The lowest BCUT2D eigenvalue weighted by Gasteiger charge is -2.15. The summed E-state index contributed by atoms with van der Waals surface area (Å²) in [5.41, 5.74) is 0.673. The Kier molecular flexibility index (Phi) is 3.76. The van der Waals surface area contributed by atoms with Gasteiger partial charge in [-0.05, 0) is 20.3 Å². The number of nitrogens with one attached hydrogen (secondary N) is 1. The molecule has 0 amide bonds. The summed E-state index contributed by atoms with van der Waals surface area (Å²) in [5, 5.41) is 14.0. The van der Waals surface area contributed by atoms with Crippen LogP contribution < -0.4 is 5.32 Å². The molecular weight excluding hydrogens is 234 g/mol. The van der Waals surface area contributed by atoms with Gasteiger partial charge < -0.3 is 10.1 Å². The van der Waals surface area contributed by atoms with E-state index in [-0.39, 0.29) is 16.7 Å². The predicted octanol–water partition coefficient (Wildman–Crippen LogP) is 2.14. The molecule has 6 nitrogen and oxygen atoms in total. The van der Waals surface area contributed by atoms with E-state index >= 15 is 0 Å². The SMILES string of the molecule is Cc1cnc(NCC2CCOC2C)cc1[N+](=O)[O-]. The molecule has 0 saturated carbocycles. The first-order chi connectivity index (χ1) is 8.58. The summed E-state index contributed by atoms with van der Waals surface area (Å²) in [7, 11) is 0. The molecule has 1 aliphatic rings. The zero-order valence-corrected chi connectivity index (χ0v) is 10.5. The fourth-order valence-corrected chi connectivity index (χ4v) is 2.09. The van der Waals surface area contributed by atoms with Gasteiger partial charge in [0.05, 0.1) is 17.1 Å². The summed E-state index contributed by atoms with van der Waals surface area (Å²) in [6, 6.07) is 1.48. The third-order valence-corrected chi connectivity index (χ3v) is 3.35. The van der Waals surface area contributed by atoms with E-state index in [1.54, 1.807) is 6.92 Å². The quantitative estimate of drug-likeness (QED) is 0.655. The highest BCUT2D eigenvalue weighted by molar-refractivity contribution is 5.48. The third-order valence-electron chi connectivity index (χ3n) is 3.35. The summed E-state index contributed by atoms with van der Waals surface area (Å²) >= 11 is 0. The van der Waals surface area contributed by atoms with Crippen molar-refractivity contribution < 1.29 is 9.66 Å². The van der Waals surface area contributed by atoms with E-state index in [9.17, 15) is 10.1 Å². The molecule has 2 atom stereocenters. The molecule has 18 heavy (non-hydrogen) atoms. The molecule has 2 unspecified atom stereocenters. The van der Waals surface area contributed by atoms with E-state index in [4.69, 9.17) is 4.74 Å². The van der Waals surface area contributed by atoms with E-state index in [0.717, 1.165) is 19.6 Å². The molecular formula is C12H17N3O3. The van der Waals surface area contributed by atoms with Crippen molar-refractivity contribution in [2.24, 2.45) is 5.92 Å². The fraction of sp³-hybridized carbons (Fsp3) is 0.583. The molecule has 1 aromatic heterocycles. The zero-order valence-electron chi connectivity index (χ0n) is 10.5. The number of aromatic nitrogens is 1. The summed E-state index contributed by atoms with van der Waals surface area (Å²) < 4.78 is 5.47. The smallest absolute Gasteiger partial charge is 0.277 e. The first kappa shape index (κ1) is 12.8. The molecule has 6 heteroatoms. The van der Waals surface area contributed by atoms with Crippen LogP contribution in [-0.2, 0) is 4.74 Å². The average Bonchev–Trinajstić information content (AvgIpc) is 2.73. The van der Waals surface area contributed by atoms with Crippen LogP contribution in [0.5, 0.6) is 0 Å². The number of aryl methyl sites for hydroxylation is 1. The van der Waals surface area contributed by atoms with Crippen molar-refractivity contribution in [3.8, 4) is 0 Å². The lowest BCUT2D eigenvalue weighted by molar-refractivity contribution is -0.385. The normalized spacial score (nSPS) is 23.0. The number of ether oxygens (including phenoxy) is 1. The van der Waals surface area contributed by atoms with Gasteiger partial charge in [-0.1, -0.05) is 0 Å². The molecule has 1 aromatic rings. The van der Waals surface area contributed by atoms with E-state index < -0.39 is 0 Å². The van der Waals surface area contributed by atoms with Gasteiger partial charge in [-0.3, -0.25) is 10.1 Å². The molecule has 2 rings (SSSR count). The Bertz CT molecular complexity index is 450. The Hall–Kier alpha value is -1.69. The molecule has 2 heterocycles. The van der Waals surface area contributed by atoms with E-state index in [2.05, 4.69) is 10.3 Å². The molecule has 1 aliphatic heterocycles. The van der Waals surface area contributed by atoms with Gasteiger partial charge in [-0.25, -0.2) is 4.98 Å². The van der Waals surface area contributed by atoms with Crippen LogP contribution in [-0.4, -0.2) is 29.2 Å². The third kappa shape index (κ3) is 2.76. The van der Waals surface area contributed by atoms with E-state index in [1.165, 1.54) is 12.3 Å². The number of nitrogens with zero attached hydrogens (tertiary/aromatic N) is 2. The second-order valence-corrected chi connectivity index (χ2v) is 4.62. The molecule has 0 aliphatic carbocycles. The number of rotatable bonds is 4. The van der Waals surface area contributed by atoms with Crippen molar-refractivity contribution in [1.82, 2.24) is 4.98 Å². The molecule has 1 saturated heterocycles. The molecule has 1 fully saturated rings. The number of nitro groups is 1. The van der Waals surface area contributed by atoms with Crippen LogP contribution in [0.15, 0.2) is 12.3 Å². The lowest BCUT2D eigenvalue weighted by atomic mass is 10.0. The Morgan fingerprint density at radius 3 is 3.06 bits per heavy atom.